The number of carbonyl (C=O) groups is 1. The van der Waals surface area contributed by atoms with Gasteiger partial charge in [0, 0.05) is 36.2 Å². The van der Waals surface area contributed by atoms with Gasteiger partial charge in [0.05, 0.1) is 42.2 Å². The molecule has 40 heavy (non-hydrogen) atoms. The van der Waals surface area contributed by atoms with Crippen molar-refractivity contribution in [2.24, 2.45) is 7.05 Å². The number of fused-ring (bicyclic) bond motifs is 1. The Morgan fingerprint density at radius 1 is 1.18 bits per heavy atom. The molecule has 9 nitrogen and oxygen atoms in total. The molecule has 1 amide bonds. The van der Waals surface area contributed by atoms with Crippen LogP contribution in [0.4, 0.5) is 22.0 Å². The number of alkyl halides is 5. The van der Waals surface area contributed by atoms with E-state index >= 15 is 0 Å². The SMILES string of the molecule is COc1cc(-c2c3c(C#N)cc(-c4cnn(CC(F)F)c4)cc3nn2C)cc(OC(F)F)c1C(=O)N[C@@H]1C[C@@H]1F. The first-order chi connectivity index (χ1) is 19.1. The Kier molecular flexibility index (Phi) is 7.05. The maximum atomic E-state index is 13.4. The summed E-state index contributed by atoms with van der Waals surface area (Å²) in [6, 6.07) is 7.15. The highest BCUT2D eigenvalue weighted by molar-refractivity contribution is 6.03. The molecule has 1 saturated carbocycles. The summed E-state index contributed by atoms with van der Waals surface area (Å²) in [5, 5.41) is 21.2. The van der Waals surface area contributed by atoms with Gasteiger partial charge in [0.15, 0.2) is 0 Å². The second-order valence-electron chi connectivity index (χ2n) is 9.11. The Bertz CT molecular complexity index is 1640. The second-order valence-corrected chi connectivity index (χ2v) is 9.11. The van der Waals surface area contributed by atoms with Gasteiger partial charge >= 0.3 is 6.61 Å². The van der Waals surface area contributed by atoms with E-state index in [0.29, 0.717) is 27.7 Å². The minimum absolute atomic E-state index is 0.113. The van der Waals surface area contributed by atoms with Gasteiger partial charge in [-0.3, -0.25) is 14.2 Å². The number of nitrogens with one attached hydrogen (secondary N) is 1. The maximum Gasteiger partial charge on any atom is 0.387 e. The highest BCUT2D eigenvalue weighted by atomic mass is 19.3. The summed E-state index contributed by atoms with van der Waals surface area (Å²) < 4.78 is 78.1. The molecule has 4 aromatic rings. The van der Waals surface area contributed by atoms with Gasteiger partial charge in [-0.2, -0.15) is 24.2 Å². The van der Waals surface area contributed by atoms with Gasteiger partial charge in [-0.1, -0.05) is 0 Å². The van der Waals surface area contributed by atoms with Crippen molar-refractivity contribution in [2.45, 2.75) is 38.2 Å². The van der Waals surface area contributed by atoms with Crippen molar-refractivity contribution in [1.29, 1.82) is 5.26 Å². The van der Waals surface area contributed by atoms with E-state index in [0.717, 1.165) is 4.68 Å². The summed E-state index contributed by atoms with van der Waals surface area (Å²) in [5.74, 6) is -1.46. The van der Waals surface area contributed by atoms with Crippen LogP contribution < -0.4 is 14.8 Å². The van der Waals surface area contributed by atoms with Crippen LogP contribution in [0.1, 0.15) is 22.3 Å². The topological polar surface area (TPSA) is 107 Å². The van der Waals surface area contributed by atoms with Crippen molar-refractivity contribution in [3.05, 3.63) is 47.8 Å². The van der Waals surface area contributed by atoms with E-state index in [1.54, 1.807) is 13.1 Å². The van der Waals surface area contributed by atoms with Crippen LogP contribution >= 0.6 is 0 Å². The van der Waals surface area contributed by atoms with Crippen molar-refractivity contribution in [3.63, 3.8) is 0 Å². The van der Waals surface area contributed by atoms with Crippen LogP contribution in [0.2, 0.25) is 0 Å². The molecule has 2 aromatic heterocycles. The van der Waals surface area contributed by atoms with Crippen LogP contribution in [-0.2, 0) is 13.6 Å². The molecular weight excluding hydrogens is 539 g/mol. The summed E-state index contributed by atoms with van der Waals surface area (Å²) >= 11 is 0. The lowest BCUT2D eigenvalue weighted by molar-refractivity contribution is -0.0502. The number of amides is 1. The summed E-state index contributed by atoms with van der Waals surface area (Å²) in [4.78, 5) is 12.8. The summed E-state index contributed by atoms with van der Waals surface area (Å²) in [5.41, 5.74) is 1.76. The van der Waals surface area contributed by atoms with Crippen LogP contribution in [0, 0.1) is 11.3 Å². The Morgan fingerprint density at radius 3 is 2.52 bits per heavy atom. The molecule has 14 heteroatoms. The lowest BCUT2D eigenvalue weighted by Gasteiger charge is -2.17. The summed E-state index contributed by atoms with van der Waals surface area (Å²) in [6.07, 6.45) is -0.879. The standard InChI is InChI=1S/C26H21F5N6O3/c1-36-24(13-5-19(39-2)23(20(6-13)40-26(30)31)25(38)34-17-7-16(17)27)22-14(8-32)3-12(4-18(22)35-36)15-9-33-37(10-15)11-21(28)29/h3-6,9-10,16-17,21,26H,7,11H2,1-2H3,(H,34,38)/t16-,17+/m0/s1. The summed E-state index contributed by atoms with van der Waals surface area (Å²) in [6.45, 7) is -3.87. The molecule has 0 aliphatic heterocycles. The van der Waals surface area contributed by atoms with E-state index in [1.807, 2.05) is 0 Å². The highest BCUT2D eigenvalue weighted by Gasteiger charge is 2.40. The number of aromatic nitrogens is 4. The number of halogens is 5. The van der Waals surface area contributed by atoms with Gasteiger partial charge < -0.3 is 14.8 Å². The van der Waals surface area contributed by atoms with E-state index in [-0.39, 0.29) is 28.9 Å². The number of hydrogen-bond acceptors (Lipinski definition) is 6. The molecule has 1 fully saturated rings. The zero-order valence-electron chi connectivity index (χ0n) is 21.0. The van der Waals surface area contributed by atoms with Crippen molar-refractivity contribution >= 4 is 16.8 Å². The molecule has 0 saturated heterocycles. The normalized spacial score (nSPS) is 16.4. The van der Waals surface area contributed by atoms with Crippen LogP contribution in [0.25, 0.3) is 33.3 Å². The van der Waals surface area contributed by atoms with Gasteiger partial charge in [-0.25, -0.2) is 13.2 Å². The fourth-order valence-electron chi connectivity index (χ4n) is 4.52. The number of methoxy groups -OCH3 is 1. The number of hydrogen-bond donors (Lipinski definition) is 1. The molecular formula is C26H21F5N6O3. The first kappa shape index (κ1) is 26.9. The number of ether oxygens (including phenoxy) is 2. The highest BCUT2D eigenvalue weighted by Crippen LogP contribution is 2.40. The Morgan fingerprint density at radius 2 is 1.90 bits per heavy atom. The average molecular weight is 560 g/mol. The molecule has 0 spiro atoms. The first-order valence-corrected chi connectivity index (χ1v) is 11.9. The van der Waals surface area contributed by atoms with Gasteiger partial charge in [-0.05, 0) is 29.8 Å². The summed E-state index contributed by atoms with van der Waals surface area (Å²) in [7, 11) is 2.81. The molecule has 0 bridgehead atoms. The lowest BCUT2D eigenvalue weighted by Crippen LogP contribution is -2.28. The van der Waals surface area contributed by atoms with Crippen LogP contribution in [0.15, 0.2) is 36.7 Å². The third kappa shape index (κ3) is 5.14. The van der Waals surface area contributed by atoms with Crippen LogP contribution in [0.5, 0.6) is 11.5 Å². The van der Waals surface area contributed by atoms with Crippen molar-refractivity contribution < 1.29 is 36.2 Å². The van der Waals surface area contributed by atoms with Crippen molar-refractivity contribution in [3.8, 4) is 40.0 Å². The Labute approximate surface area is 223 Å². The number of carbonyl (C=O) groups excluding carboxylic acids is 1. The third-order valence-corrected chi connectivity index (χ3v) is 6.38. The molecule has 0 radical (unpaired) electrons. The van der Waals surface area contributed by atoms with Gasteiger partial charge in [0.25, 0.3) is 12.3 Å². The van der Waals surface area contributed by atoms with E-state index in [2.05, 4.69) is 26.3 Å². The number of nitriles is 1. The molecule has 1 aliphatic carbocycles. The lowest BCUT2D eigenvalue weighted by atomic mass is 9.97. The van der Waals surface area contributed by atoms with E-state index in [9.17, 15) is 32.0 Å². The van der Waals surface area contributed by atoms with Crippen LogP contribution in [0.3, 0.4) is 0 Å². The molecule has 1 N–H and O–H groups in total. The second kappa shape index (κ2) is 10.5. The largest absolute Gasteiger partial charge is 0.496 e. The minimum Gasteiger partial charge on any atom is -0.496 e. The number of rotatable bonds is 9. The number of aryl methyl sites for hydroxylation is 1. The first-order valence-electron chi connectivity index (χ1n) is 11.9. The van der Waals surface area contributed by atoms with Crippen molar-refractivity contribution in [1.82, 2.24) is 24.9 Å². The van der Waals surface area contributed by atoms with Gasteiger partial charge in [0.2, 0.25) is 0 Å². The molecule has 2 heterocycles. The van der Waals surface area contributed by atoms with Crippen LogP contribution in [-0.4, -0.2) is 57.8 Å². The maximum absolute atomic E-state index is 13.4. The van der Waals surface area contributed by atoms with E-state index in [4.69, 9.17) is 4.74 Å². The molecule has 0 unspecified atom stereocenters. The predicted molar refractivity (Wildman–Crippen MR) is 132 cm³/mol. The fraction of sp³-hybridized carbons (Fsp3) is 0.308. The zero-order valence-corrected chi connectivity index (χ0v) is 21.0. The minimum atomic E-state index is -3.28. The zero-order chi connectivity index (χ0) is 28.7. The Balaban J connectivity index is 1.63. The van der Waals surface area contributed by atoms with Gasteiger partial charge in [-0.15, -0.1) is 0 Å². The number of nitrogens with zero attached hydrogens (tertiary/aromatic N) is 5. The predicted octanol–water partition coefficient (Wildman–Crippen LogP) is 4.69. The monoisotopic (exact) mass is 560 g/mol. The van der Waals surface area contributed by atoms with E-state index < -0.39 is 43.5 Å². The molecule has 1 aliphatic rings. The molecule has 208 valence electrons. The Hall–Kier alpha value is -4.67. The fourth-order valence-corrected chi connectivity index (χ4v) is 4.52. The smallest absolute Gasteiger partial charge is 0.387 e. The van der Waals surface area contributed by atoms with Gasteiger partial charge in [0.1, 0.15) is 29.8 Å². The average Bonchev–Trinajstić information content (AvgIpc) is 3.23. The van der Waals surface area contributed by atoms with E-state index in [1.165, 1.54) is 42.4 Å². The quantitative estimate of drug-likeness (QED) is 0.298. The molecule has 5 rings (SSSR count). The third-order valence-electron chi connectivity index (χ3n) is 6.38. The molecule has 2 atom stereocenters. The molecule has 2 aromatic carbocycles. The van der Waals surface area contributed by atoms with Crippen molar-refractivity contribution in [2.75, 3.05) is 7.11 Å². The number of benzene rings is 2.